The third-order valence-corrected chi connectivity index (χ3v) is 3.22. The van der Waals surface area contributed by atoms with Gasteiger partial charge in [-0.2, -0.15) is 0 Å². The molecule has 7 nitrogen and oxygen atoms in total. The zero-order chi connectivity index (χ0) is 14.9. The summed E-state index contributed by atoms with van der Waals surface area (Å²) in [7, 11) is 5.25. The van der Waals surface area contributed by atoms with Crippen molar-refractivity contribution in [2.75, 3.05) is 27.2 Å². The Morgan fingerprint density at radius 3 is 2.90 bits per heavy atom. The normalized spacial score (nSPS) is 11.0. The number of aromatic amines is 1. The maximum atomic E-state index is 12.5. The van der Waals surface area contributed by atoms with E-state index in [1.165, 1.54) is 4.68 Å². The number of hydrogen-bond donors (Lipinski definition) is 2. The molecule has 2 heterocycles. The molecule has 0 saturated carbocycles. The molecule has 7 heteroatoms. The smallest absolute Gasteiger partial charge is 0.274 e. The highest BCUT2D eigenvalue weighted by atomic mass is 16.2. The van der Waals surface area contributed by atoms with E-state index in [9.17, 15) is 9.59 Å². The molecule has 0 spiro atoms. The minimum atomic E-state index is -0.291. The van der Waals surface area contributed by atoms with Crippen LogP contribution < -0.4 is 10.9 Å². The van der Waals surface area contributed by atoms with Gasteiger partial charge in [0.2, 0.25) is 0 Å². The quantitative estimate of drug-likeness (QED) is 0.815. The van der Waals surface area contributed by atoms with Crippen LogP contribution in [-0.2, 0) is 7.05 Å². The van der Waals surface area contributed by atoms with E-state index in [1.807, 2.05) is 7.05 Å². The van der Waals surface area contributed by atoms with Crippen LogP contribution in [0.5, 0.6) is 0 Å². The number of nitrogens with one attached hydrogen (secondary N) is 2. The number of amides is 1. The van der Waals surface area contributed by atoms with Gasteiger partial charge in [-0.25, -0.2) is 4.98 Å². The molecule has 0 atom stereocenters. The van der Waals surface area contributed by atoms with Crippen molar-refractivity contribution in [3.05, 3.63) is 27.7 Å². The topological polar surface area (TPSA) is 83.0 Å². The zero-order valence-electron chi connectivity index (χ0n) is 12.1. The van der Waals surface area contributed by atoms with Gasteiger partial charge >= 0.3 is 0 Å². The van der Waals surface area contributed by atoms with E-state index >= 15 is 0 Å². The molecule has 0 fully saturated rings. The monoisotopic (exact) mass is 277 g/mol. The van der Waals surface area contributed by atoms with Crippen molar-refractivity contribution in [3.8, 4) is 0 Å². The maximum Gasteiger partial charge on any atom is 0.274 e. The summed E-state index contributed by atoms with van der Waals surface area (Å²) in [5.41, 5.74) is 1.31. The van der Waals surface area contributed by atoms with Crippen molar-refractivity contribution in [1.29, 1.82) is 0 Å². The van der Waals surface area contributed by atoms with E-state index in [-0.39, 0.29) is 11.5 Å². The van der Waals surface area contributed by atoms with Crippen LogP contribution in [-0.4, -0.2) is 52.8 Å². The van der Waals surface area contributed by atoms with Crippen LogP contribution in [0.2, 0.25) is 0 Å². The SMILES string of the molecule is CNCCN(C)C(=O)c1cc(C)nc2c1c(=O)[nH]n2C. The first kappa shape index (κ1) is 14.3. The second-order valence-electron chi connectivity index (χ2n) is 4.84. The summed E-state index contributed by atoms with van der Waals surface area (Å²) in [6.07, 6.45) is 0. The Morgan fingerprint density at radius 2 is 2.25 bits per heavy atom. The lowest BCUT2D eigenvalue weighted by Crippen LogP contribution is -2.33. The van der Waals surface area contributed by atoms with Crippen molar-refractivity contribution < 1.29 is 4.79 Å². The van der Waals surface area contributed by atoms with Gasteiger partial charge in [-0.1, -0.05) is 0 Å². The number of pyridine rings is 1. The Labute approximate surface area is 116 Å². The molecule has 2 rings (SSSR count). The highest BCUT2D eigenvalue weighted by Gasteiger charge is 2.20. The summed E-state index contributed by atoms with van der Waals surface area (Å²) >= 11 is 0. The largest absolute Gasteiger partial charge is 0.340 e. The predicted molar refractivity (Wildman–Crippen MR) is 77.0 cm³/mol. The molecule has 0 aromatic carbocycles. The van der Waals surface area contributed by atoms with Gasteiger partial charge in [-0.05, 0) is 20.0 Å². The maximum absolute atomic E-state index is 12.5. The predicted octanol–water partition coefficient (Wildman–Crippen LogP) is -0.139. The molecule has 0 aliphatic heterocycles. The van der Waals surface area contributed by atoms with E-state index < -0.39 is 0 Å². The van der Waals surface area contributed by atoms with Crippen LogP contribution >= 0.6 is 0 Å². The molecule has 20 heavy (non-hydrogen) atoms. The van der Waals surface area contributed by atoms with E-state index in [2.05, 4.69) is 15.4 Å². The summed E-state index contributed by atoms with van der Waals surface area (Å²) in [6.45, 7) is 3.07. The summed E-state index contributed by atoms with van der Waals surface area (Å²) in [4.78, 5) is 30.4. The van der Waals surface area contributed by atoms with Crippen LogP contribution in [0.25, 0.3) is 11.0 Å². The minimum Gasteiger partial charge on any atom is -0.340 e. The average molecular weight is 277 g/mol. The highest BCUT2D eigenvalue weighted by molar-refractivity contribution is 6.05. The first-order valence-corrected chi connectivity index (χ1v) is 6.42. The number of aromatic nitrogens is 3. The molecule has 108 valence electrons. The van der Waals surface area contributed by atoms with Crippen LogP contribution in [0.15, 0.2) is 10.9 Å². The van der Waals surface area contributed by atoms with E-state index in [1.54, 1.807) is 32.0 Å². The van der Waals surface area contributed by atoms with Gasteiger partial charge in [0, 0.05) is 32.9 Å². The van der Waals surface area contributed by atoms with Crippen molar-refractivity contribution >= 4 is 16.9 Å². The summed E-state index contributed by atoms with van der Waals surface area (Å²) in [5.74, 6) is -0.174. The summed E-state index contributed by atoms with van der Waals surface area (Å²) in [5, 5.41) is 5.97. The van der Waals surface area contributed by atoms with Gasteiger partial charge in [0.25, 0.3) is 11.5 Å². The fourth-order valence-corrected chi connectivity index (χ4v) is 2.14. The van der Waals surface area contributed by atoms with Crippen LogP contribution in [0.4, 0.5) is 0 Å². The molecule has 0 bridgehead atoms. The molecule has 1 amide bonds. The van der Waals surface area contributed by atoms with Gasteiger partial charge in [0.15, 0.2) is 5.65 Å². The lowest BCUT2D eigenvalue weighted by molar-refractivity contribution is 0.0798. The lowest BCUT2D eigenvalue weighted by atomic mass is 10.1. The van der Waals surface area contributed by atoms with Gasteiger partial charge in [0.05, 0.1) is 10.9 Å². The summed E-state index contributed by atoms with van der Waals surface area (Å²) in [6, 6.07) is 1.66. The number of carbonyl (C=O) groups is 1. The van der Waals surface area contributed by atoms with Crippen LogP contribution in [0, 0.1) is 6.92 Å². The number of fused-ring (bicyclic) bond motifs is 1. The lowest BCUT2D eigenvalue weighted by Gasteiger charge is -2.17. The second-order valence-corrected chi connectivity index (χ2v) is 4.84. The third kappa shape index (κ3) is 2.44. The number of rotatable bonds is 4. The number of nitrogens with zero attached hydrogens (tertiary/aromatic N) is 3. The molecule has 0 saturated heterocycles. The fraction of sp³-hybridized carbons (Fsp3) is 0.462. The Hall–Kier alpha value is -2.15. The van der Waals surface area contributed by atoms with Crippen molar-refractivity contribution in [2.45, 2.75) is 6.92 Å². The van der Waals surface area contributed by atoms with Gasteiger partial charge in [-0.15, -0.1) is 0 Å². The Morgan fingerprint density at radius 1 is 1.55 bits per heavy atom. The van der Waals surface area contributed by atoms with Gasteiger partial charge in [0.1, 0.15) is 0 Å². The molecule has 2 aromatic rings. The number of carbonyl (C=O) groups excluding carboxylic acids is 1. The van der Waals surface area contributed by atoms with E-state index in [4.69, 9.17) is 0 Å². The van der Waals surface area contributed by atoms with Crippen molar-refractivity contribution in [3.63, 3.8) is 0 Å². The van der Waals surface area contributed by atoms with Gasteiger partial charge in [-0.3, -0.25) is 19.4 Å². The zero-order valence-corrected chi connectivity index (χ0v) is 12.1. The second kappa shape index (κ2) is 5.46. The number of aryl methyl sites for hydroxylation is 2. The molecule has 0 radical (unpaired) electrons. The van der Waals surface area contributed by atoms with E-state index in [0.29, 0.717) is 35.4 Å². The van der Waals surface area contributed by atoms with E-state index in [0.717, 1.165) is 0 Å². The molecular formula is C13H19N5O2. The fourth-order valence-electron chi connectivity index (χ4n) is 2.14. The van der Waals surface area contributed by atoms with Crippen molar-refractivity contribution in [1.82, 2.24) is 25.0 Å². The number of likely N-dealkylation sites (N-methyl/N-ethyl adjacent to an activating group) is 2. The molecule has 0 aliphatic rings. The highest BCUT2D eigenvalue weighted by Crippen LogP contribution is 2.15. The Bertz CT molecular complexity index is 701. The molecule has 0 aliphatic carbocycles. The average Bonchev–Trinajstić information content (AvgIpc) is 2.69. The third-order valence-electron chi connectivity index (χ3n) is 3.22. The van der Waals surface area contributed by atoms with Crippen molar-refractivity contribution in [2.24, 2.45) is 7.05 Å². The van der Waals surface area contributed by atoms with Gasteiger partial charge < -0.3 is 10.2 Å². The molecule has 2 N–H and O–H groups in total. The molecular weight excluding hydrogens is 258 g/mol. The summed E-state index contributed by atoms with van der Waals surface area (Å²) < 4.78 is 1.54. The molecule has 0 unspecified atom stereocenters. The number of hydrogen-bond acceptors (Lipinski definition) is 4. The first-order valence-electron chi connectivity index (χ1n) is 6.42. The molecule has 2 aromatic heterocycles. The number of H-pyrrole nitrogens is 1. The van der Waals surface area contributed by atoms with Crippen LogP contribution in [0.1, 0.15) is 16.1 Å². The first-order chi connectivity index (χ1) is 9.45. The Balaban J connectivity index is 2.53. The van der Waals surface area contributed by atoms with Crippen LogP contribution in [0.3, 0.4) is 0 Å². The standard InChI is InChI=1S/C13H19N5O2/c1-8-7-9(13(20)17(3)6-5-14-2)10-11(15-8)18(4)16-12(10)19/h7,14H,5-6H2,1-4H3,(H,16,19). The Kier molecular flexibility index (Phi) is 3.89. The minimum absolute atomic E-state index is 0.174.